The van der Waals surface area contributed by atoms with Crippen molar-refractivity contribution in [3.8, 4) is 5.75 Å². The van der Waals surface area contributed by atoms with Crippen LogP contribution < -0.4 is 9.64 Å². The molecule has 27 heavy (non-hydrogen) atoms. The van der Waals surface area contributed by atoms with Crippen LogP contribution in [0.4, 0.5) is 5.69 Å². The van der Waals surface area contributed by atoms with Crippen LogP contribution in [0.1, 0.15) is 33.1 Å². The molecule has 146 valence electrons. The molecule has 3 rings (SSSR count). The fourth-order valence-corrected chi connectivity index (χ4v) is 3.36. The highest BCUT2D eigenvalue weighted by Crippen LogP contribution is 2.33. The van der Waals surface area contributed by atoms with Gasteiger partial charge in [-0.25, -0.2) is 0 Å². The Balaban J connectivity index is 1.49. The van der Waals surface area contributed by atoms with Gasteiger partial charge in [-0.1, -0.05) is 19.1 Å². The third kappa shape index (κ3) is 4.59. The summed E-state index contributed by atoms with van der Waals surface area (Å²) in [6, 6.07) is 7.22. The smallest absolute Gasteiger partial charge is 0.308 e. The summed E-state index contributed by atoms with van der Waals surface area (Å²) in [5.41, 5.74) is 0.645. The van der Waals surface area contributed by atoms with Crippen LogP contribution in [0.5, 0.6) is 5.75 Å². The number of carbonyl (C=O) groups excluding carboxylic acids is 3. The van der Waals surface area contributed by atoms with Crippen LogP contribution in [-0.4, -0.2) is 55.0 Å². The summed E-state index contributed by atoms with van der Waals surface area (Å²) >= 11 is 0. The first kappa shape index (κ1) is 19.2. The standard InChI is InChI=1S/C20H26N2O5/c1-14-7-10-21(11-8-14)18(23)13-26-19(24)9-12-22-16-5-3-4-6-17(16)27-15(2)20(22)25/h3-6,14-15H,7-13H2,1-2H3. The van der Waals surface area contributed by atoms with E-state index in [1.165, 1.54) is 0 Å². The molecule has 2 aliphatic heterocycles. The minimum absolute atomic E-state index is 0.0249. The zero-order valence-electron chi connectivity index (χ0n) is 15.8. The summed E-state index contributed by atoms with van der Waals surface area (Å²) in [5, 5.41) is 0. The monoisotopic (exact) mass is 374 g/mol. The lowest BCUT2D eigenvalue weighted by atomic mass is 9.99. The second kappa shape index (κ2) is 8.41. The summed E-state index contributed by atoms with van der Waals surface area (Å²) in [6.45, 7) is 5.24. The van der Waals surface area contributed by atoms with Crippen molar-refractivity contribution in [3.63, 3.8) is 0 Å². The average Bonchev–Trinajstić information content (AvgIpc) is 2.67. The van der Waals surface area contributed by atoms with Gasteiger partial charge in [-0.3, -0.25) is 14.4 Å². The number of rotatable bonds is 5. The quantitative estimate of drug-likeness (QED) is 0.737. The average molecular weight is 374 g/mol. The van der Waals surface area contributed by atoms with Crippen LogP contribution in [0.2, 0.25) is 0 Å². The van der Waals surface area contributed by atoms with Crippen LogP contribution in [0.25, 0.3) is 0 Å². The molecule has 0 aliphatic carbocycles. The number of ether oxygens (including phenoxy) is 2. The van der Waals surface area contributed by atoms with Crippen molar-refractivity contribution in [1.29, 1.82) is 0 Å². The first-order valence-electron chi connectivity index (χ1n) is 9.46. The number of hydrogen-bond acceptors (Lipinski definition) is 5. The van der Waals surface area contributed by atoms with Gasteiger partial charge >= 0.3 is 5.97 Å². The number of likely N-dealkylation sites (tertiary alicyclic amines) is 1. The van der Waals surface area contributed by atoms with E-state index in [-0.39, 0.29) is 31.4 Å². The Morgan fingerprint density at radius 2 is 1.89 bits per heavy atom. The Morgan fingerprint density at radius 3 is 2.63 bits per heavy atom. The summed E-state index contributed by atoms with van der Waals surface area (Å²) in [4.78, 5) is 39.9. The number of anilines is 1. The summed E-state index contributed by atoms with van der Waals surface area (Å²) in [5.74, 6) is 0.412. The second-order valence-corrected chi connectivity index (χ2v) is 7.19. The van der Waals surface area contributed by atoms with Gasteiger partial charge in [-0.2, -0.15) is 0 Å². The molecule has 0 radical (unpaired) electrons. The maximum atomic E-state index is 12.4. The van der Waals surface area contributed by atoms with Gasteiger partial charge in [0.25, 0.3) is 11.8 Å². The number of benzene rings is 1. The van der Waals surface area contributed by atoms with E-state index in [9.17, 15) is 14.4 Å². The number of esters is 1. The lowest BCUT2D eigenvalue weighted by molar-refractivity contribution is -0.152. The number of fused-ring (bicyclic) bond motifs is 1. The lowest BCUT2D eigenvalue weighted by Crippen LogP contribution is -2.45. The predicted octanol–water partition coefficient (Wildman–Crippen LogP) is 1.99. The lowest BCUT2D eigenvalue weighted by Gasteiger charge is -2.32. The van der Waals surface area contributed by atoms with Gasteiger partial charge in [-0.05, 0) is 37.8 Å². The molecule has 0 saturated carbocycles. The highest BCUT2D eigenvalue weighted by atomic mass is 16.5. The van der Waals surface area contributed by atoms with E-state index in [1.54, 1.807) is 28.9 Å². The number of nitrogens with zero attached hydrogens (tertiary/aromatic N) is 2. The van der Waals surface area contributed by atoms with Crippen molar-refractivity contribution < 1.29 is 23.9 Å². The molecule has 2 aliphatic rings. The van der Waals surface area contributed by atoms with Crippen molar-refractivity contribution in [2.24, 2.45) is 5.92 Å². The first-order chi connectivity index (χ1) is 13.0. The van der Waals surface area contributed by atoms with Crippen molar-refractivity contribution in [2.45, 2.75) is 39.2 Å². The maximum Gasteiger partial charge on any atom is 0.308 e. The molecule has 0 spiro atoms. The van der Waals surface area contributed by atoms with E-state index in [0.717, 1.165) is 12.8 Å². The number of carbonyl (C=O) groups is 3. The van der Waals surface area contributed by atoms with Gasteiger partial charge in [-0.15, -0.1) is 0 Å². The van der Waals surface area contributed by atoms with Crippen molar-refractivity contribution in [3.05, 3.63) is 24.3 Å². The van der Waals surface area contributed by atoms with E-state index < -0.39 is 12.1 Å². The van der Waals surface area contributed by atoms with Crippen LogP contribution in [0, 0.1) is 5.92 Å². The number of hydrogen-bond donors (Lipinski definition) is 0. The molecule has 2 heterocycles. The molecule has 7 heteroatoms. The van der Waals surface area contributed by atoms with Gasteiger partial charge in [0.15, 0.2) is 12.7 Å². The summed E-state index contributed by atoms with van der Waals surface area (Å²) in [7, 11) is 0. The van der Waals surface area contributed by atoms with Gasteiger partial charge in [0.05, 0.1) is 12.1 Å². The minimum atomic E-state index is -0.598. The van der Waals surface area contributed by atoms with Crippen LogP contribution in [0.15, 0.2) is 24.3 Å². The maximum absolute atomic E-state index is 12.4. The Bertz CT molecular complexity index is 712. The number of piperidine rings is 1. The molecule has 0 aromatic heterocycles. The highest BCUT2D eigenvalue weighted by Gasteiger charge is 2.31. The number of amides is 2. The zero-order chi connectivity index (χ0) is 19.4. The van der Waals surface area contributed by atoms with E-state index in [0.29, 0.717) is 30.4 Å². The summed E-state index contributed by atoms with van der Waals surface area (Å²) < 4.78 is 10.7. The van der Waals surface area contributed by atoms with E-state index in [1.807, 2.05) is 12.1 Å². The molecule has 1 atom stereocenters. The zero-order valence-corrected chi connectivity index (χ0v) is 15.8. The third-order valence-corrected chi connectivity index (χ3v) is 5.11. The minimum Gasteiger partial charge on any atom is -0.479 e. The van der Waals surface area contributed by atoms with Gasteiger partial charge in [0, 0.05) is 19.6 Å². The van der Waals surface area contributed by atoms with Crippen LogP contribution in [0.3, 0.4) is 0 Å². The molecule has 7 nitrogen and oxygen atoms in total. The Labute approximate surface area is 159 Å². The second-order valence-electron chi connectivity index (χ2n) is 7.19. The van der Waals surface area contributed by atoms with E-state index in [2.05, 4.69) is 6.92 Å². The SMILES string of the molecule is CC1CCN(C(=O)COC(=O)CCN2C(=O)C(C)Oc3ccccc32)CC1. The molecule has 1 aromatic rings. The van der Waals surface area contributed by atoms with Gasteiger partial charge in [0.1, 0.15) is 5.75 Å². The summed E-state index contributed by atoms with van der Waals surface area (Å²) in [6.07, 6.45) is 1.39. The van der Waals surface area contributed by atoms with Gasteiger partial charge < -0.3 is 19.3 Å². The number of para-hydroxylation sites is 2. The molecule has 2 amide bonds. The van der Waals surface area contributed by atoms with Crippen molar-refractivity contribution in [2.75, 3.05) is 31.1 Å². The Kier molecular flexibility index (Phi) is 5.98. The third-order valence-electron chi connectivity index (χ3n) is 5.11. The topological polar surface area (TPSA) is 76.2 Å². The molecule has 1 unspecified atom stereocenters. The fourth-order valence-electron chi connectivity index (χ4n) is 3.36. The van der Waals surface area contributed by atoms with E-state index >= 15 is 0 Å². The normalized spacial score (nSPS) is 20.1. The first-order valence-corrected chi connectivity index (χ1v) is 9.46. The van der Waals surface area contributed by atoms with Crippen molar-refractivity contribution in [1.82, 2.24) is 4.90 Å². The van der Waals surface area contributed by atoms with Gasteiger partial charge in [0.2, 0.25) is 0 Å². The molecule has 1 aromatic carbocycles. The van der Waals surface area contributed by atoms with Crippen LogP contribution >= 0.6 is 0 Å². The molecule has 1 fully saturated rings. The largest absolute Gasteiger partial charge is 0.479 e. The molecule has 0 N–H and O–H groups in total. The van der Waals surface area contributed by atoms with Crippen LogP contribution in [-0.2, 0) is 19.1 Å². The Morgan fingerprint density at radius 1 is 1.19 bits per heavy atom. The van der Waals surface area contributed by atoms with Crippen molar-refractivity contribution >= 4 is 23.5 Å². The highest BCUT2D eigenvalue weighted by molar-refractivity contribution is 6.00. The fraction of sp³-hybridized carbons (Fsp3) is 0.550. The molecule has 0 bridgehead atoms. The Hall–Kier alpha value is -2.57. The van der Waals surface area contributed by atoms with E-state index in [4.69, 9.17) is 9.47 Å². The molecule has 1 saturated heterocycles. The molecular formula is C20H26N2O5. The predicted molar refractivity (Wildman–Crippen MR) is 99.4 cm³/mol. The molecular weight excluding hydrogens is 348 g/mol.